The summed E-state index contributed by atoms with van der Waals surface area (Å²) < 4.78 is 0. The van der Waals surface area contributed by atoms with E-state index < -0.39 is 0 Å². The van der Waals surface area contributed by atoms with Crippen LogP contribution in [0.2, 0.25) is 0 Å². The molecule has 0 spiro atoms. The molecule has 0 bridgehead atoms. The van der Waals surface area contributed by atoms with E-state index in [1.54, 1.807) is 0 Å². The van der Waals surface area contributed by atoms with E-state index in [0.717, 1.165) is 11.3 Å². The van der Waals surface area contributed by atoms with Crippen LogP contribution in [0, 0.1) is 0 Å². The number of anilines is 2. The Labute approximate surface area is 119 Å². The molecule has 0 saturated carbocycles. The van der Waals surface area contributed by atoms with Crippen LogP contribution in [0.1, 0.15) is 18.4 Å². The predicted octanol–water partition coefficient (Wildman–Crippen LogP) is 3.73. The van der Waals surface area contributed by atoms with E-state index in [2.05, 4.69) is 39.7 Å². The van der Waals surface area contributed by atoms with Crippen LogP contribution in [0.5, 0.6) is 0 Å². The summed E-state index contributed by atoms with van der Waals surface area (Å²) in [6, 6.07) is 18.5. The molecule has 3 nitrogen and oxygen atoms in total. The maximum absolute atomic E-state index is 4.25. The molecule has 2 aromatic rings. The van der Waals surface area contributed by atoms with Gasteiger partial charge in [-0.1, -0.05) is 30.3 Å². The van der Waals surface area contributed by atoms with Gasteiger partial charge in [0.15, 0.2) is 0 Å². The minimum absolute atomic E-state index is 0.998. The third kappa shape index (κ3) is 3.18. The third-order valence-electron chi connectivity index (χ3n) is 3.55. The Balaban J connectivity index is 1.60. The summed E-state index contributed by atoms with van der Waals surface area (Å²) in [4.78, 5) is 2.43. The van der Waals surface area contributed by atoms with E-state index in [4.69, 9.17) is 0 Å². The average molecular weight is 265 g/mol. The van der Waals surface area contributed by atoms with Crippen molar-refractivity contribution in [2.75, 3.05) is 23.4 Å². The molecule has 1 aliphatic rings. The molecule has 1 fully saturated rings. The van der Waals surface area contributed by atoms with E-state index in [1.165, 1.54) is 31.6 Å². The van der Waals surface area contributed by atoms with Crippen molar-refractivity contribution in [1.29, 1.82) is 0 Å². The second kappa shape index (κ2) is 6.24. The molecule has 1 aliphatic heterocycles. The van der Waals surface area contributed by atoms with E-state index in [0.29, 0.717) is 0 Å². The molecule has 3 heteroatoms. The fourth-order valence-corrected chi connectivity index (χ4v) is 2.44. The second-order valence-electron chi connectivity index (χ2n) is 5.02. The van der Waals surface area contributed by atoms with Crippen LogP contribution in [0.25, 0.3) is 0 Å². The normalized spacial score (nSPS) is 14.9. The monoisotopic (exact) mass is 265 g/mol. The zero-order chi connectivity index (χ0) is 13.6. The minimum atomic E-state index is 0.998. The summed E-state index contributed by atoms with van der Waals surface area (Å²) in [7, 11) is 0. The molecule has 0 unspecified atom stereocenters. The molecule has 102 valence electrons. The van der Waals surface area contributed by atoms with Crippen molar-refractivity contribution in [3.05, 3.63) is 60.2 Å². The highest BCUT2D eigenvalue weighted by molar-refractivity contribution is 5.81. The van der Waals surface area contributed by atoms with Crippen molar-refractivity contribution in [3.63, 3.8) is 0 Å². The van der Waals surface area contributed by atoms with E-state index in [1.807, 2.05) is 36.5 Å². The third-order valence-corrected chi connectivity index (χ3v) is 3.55. The van der Waals surface area contributed by atoms with Gasteiger partial charge in [0.25, 0.3) is 0 Å². The van der Waals surface area contributed by atoms with Gasteiger partial charge < -0.3 is 4.90 Å². The van der Waals surface area contributed by atoms with Gasteiger partial charge in [-0.2, -0.15) is 5.10 Å². The maximum atomic E-state index is 4.25. The summed E-state index contributed by atoms with van der Waals surface area (Å²) in [6.07, 6.45) is 4.47. The molecule has 0 aromatic heterocycles. The average Bonchev–Trinajstić information content (AvgIpc) is 3.03. The standard InChI is InChI=1S/C17H19N3/c1-2-6-16(7-3-1)19-18-14-15-8-10-17(11-9-15)20-12-4-5-13-20/h1-3,6-11,14,19H,4-5,12-13H2/b18-14-. The first kappa shape index (κ1) is 12.7. The highest BCUT2D eigenvalue weighted by Crippen LogP contribution is 2.19. The van der Waals surface area contributed by atoms with Gasteiger partial charge in [0.05, 0.1) is 11.9 Å². The number of nitrogens with zero attached hydrogens (tertiary/aromatic N) is 2. The first-order valence-corrected chi connectivity index (χ1v) is 7.11. The summed E-state index contributed by atoms with van der Waals surface area (Å²) in [5.41, 5.74) is 6.44. The molecule has 1 heterocycles. The molecule has 1 saturated heterocycles. The lowest BCUT2D eigenvalue weighted by Crippen LogP contribution is -2.17. The molecule has 0 aliphatic carbocycles. The predicted molar refractivity (Wildman–Crippen MR) is 85.5 cm³/mol. The Morgan fingerprint density at radius 2 is 1.60 bits per heavy atom. The number of hydrogen-bond donors (Lipinski definition) is 1. The lowest BCUT2D eigenvalue weighted by Gasteiger charge is -2.17. The fraction of sp³-hybridized carbons (Fsp3) is 0.235. The molecule has 3 rings (SSSR count). The Hall–Kier alpha value is -2.29. The lowest BCUT2D eigenvalue weighted by atomic mass is 10.2. The smallest absolute Gasteiger partial charge is 0.0561 e. The van der Waals surface area contributed by atoms with Crippen molar-refractivity contribution in [2.24, 2.45) is 5.10 Å². The second-order valence-corrected chi connectivity index (χ2v) is 5.02. The van der Waals surface area contributed by atoms with Crippen LogP contribution in [-0.4, -0.2) is 19.3 Å². The maximum Gasteiger partial charge on any atom is 0.0561 e. The molecular weight excluding hydrogens is 246 g/mol. The largest absolute Gasteiger partial charge is 0.372 e. The number of benzene rings is 2. The quantitative estimate of drug-likeness (QED) is 0.673. The number of nitrogens with one attached hydrogen (secondary N) is 1. The molecule has 0 amide bonds. The number of hydrogen-bond acceptors (Lipinski definition) is 3. The van der Waals surface area contributed by atoms with Crippen LogP contribution in [-0.2, 0) is 0 Å². The summed E-state index contributed by atoms with van der Waals surface area (Å²) in [5, 5.41) is 4.25. The summed E-state index contributed by atoms with van der Waals surface area (Å²) in [6.45, 7) is 2.37. The summed E-state index contributed by atoms with van der Waals surface area (Å²) >= 11 is 0. The molecule has 2 aromatic carbocycles. The van der Waals surface area contributed by atoms with E-state index >= 15 is 0 Å². The number of rotatable bonds is 4. The Morgan fingerprint density at radius 1 is 0.900 bits per heavy atom. The Bertz CT molecular complexity index is 555. The molecule has 0 atom stereocenters. The van der Waals surface area contributed by atoms with E-state index in [-0.39, 0.29) is 0 Å². The highest BCUT2D eigenvalue weighted by atomic mass is 15.3. The van der Waals surface area contributed by atoms with Crippen molar-refractivity contribution in [1.82, 2.24) is 0 Å². The van der Waals surface area contributed by atoms with Gasteiger partial charge in [-0.05, 0) is 42.7 Å². The molecule has 1 N–H and O–H groups in total. The van der Waals surface area contributed by atoms with Gasteiger partial charge in [0.2, 0.25) is 0 Å². The van der Waals surface area contributed by atoms with E-state index in [9.17, 15) is 0 Å². The zero-order valence-corrected chi connectivity index (χ0v) is 11.5. The topological polar surface area (TPSA) is 27.6 Å². The van der Waals surface area contributed by atoms with Crippen molar-refractivity contribution in [3.8, 4) is 0 Å². The van der Waals surface area contributed by atoms with Gasteiger partial charge >= 0.3 is 0 Å². The van der Waals surface area contributed by atoms with Gasteiger partial charge in [0.1, 0.15) is 0 Å². The van der Waals surface area contributed by atoms with Crippen LogP contribution >= 0.6 is 0 Å². The zero-order valence-electron chi connectivity index (χ0n) is 11.5. The molecule has 20 heavy (non-hydrogen) atoms. The van der Waals surface area contributed by atoms with Crippen LogP contribution in [0.3, 0.4) is 0 Å². The van der Waals surface area contributed by atoms with Crippen LogP contribution in [0.4, 0.5) is 11.4 Å². The first-order valence-electron chi connectivity index (χ1n) is 7.11. The van der Waals surface area contributed by atoms with Crippen molar-refractivity contribution >= 4 is 17.6 Å². The SMILES string of the molecule is C(=N/Nc1ccccc1)/c1ccc(N2CCCC2)cc1. The fourth-order valence-electron chi connectivity index (χ4n) is 2.44. The van der Waals surface area contributed by atoms with Crippen molar-refractivity contribution < 1.29 is 0 Å². The van der Waals surface area contributed by atoms with Gasteiger partial charge in [0, 0.05) is 18.8 Å². The lowest BCUT2D eigenvalue weighted by molar-refractivity contribution is 0.949. The number of hydrazone groups is 1. The van der Waals surface area contributed by atoms with Gasteiger partial charge in [-0.25, -0.2) is 0 Å². The Morgan fingerprint density at radius 3 is 2.30 bits per heavy atom. The number of para-hydroxylation sites is 1. The first-order chi connectivity index (χ1) is 9.92. The van der Waals surface area contributed by atoms with Crippen LogP contribution < -0.4 is 10.3 Å². The Kier molecular flexibility index (Phi) is 3.97. The van der Waals surface area contributed by atoms with Gasteiger partial charge in [-0.15, -0.1) is 0 Å². The minimum Gasteiger partial charge on any atom is -0.372 e. The van der Waals surface area contributed by atoms with Gasteiger partial charge in [-0.3, -0.25) is 5.43 Å². The summed E-state index contributed by atoms with van der Waals surface area (Å²) in [5.74, 6) is 0. The van der Waals surface area contributed by atoms with Crippen LogP contribution in [0.15, 0.2) is 59.7 Å². The molecule has 0 radical (unpaired) electrons. The van der Waals surface area contributed by atoms with Crippen molar-refractivity contribution in [2.45, 2.75) is 12.8 Å². The molecular formula is C17H19N3. The highest BCUT2D eigenvalue weighted by Gasteiger charge is 2.11.